The number of nitrogens with zero attached hydrogens (tertiary/aromatic N) is 1. The van der Waals surface area contributed by atoms with Crippen LogP contribution in [0, 0.1) is 0 Å². The van der Waals surface area contributed by atoms with E-state index >= 15 is 0 Å². The van der Waals surface area contributed by atoms with Crippen LogP contribution in [0.2, 0.25) is 0 Å². The van der Waals surface area contributed by atoms with Gasteiger partial charge in [-0.15, -0.1) is 24.2 Å². The van der Waals surface area contributed by atoms with Crippen molar-refractivity contribution in [3.63, 3.8) is 0 Å². The van der Waals surface area contributed by atoms with E-state index in [1.807, 2.05) is 24.2 Å². The topological polar surface area (TPSA) is 24.9 Å². The number of halogens is 1. The summed E-state index contributed by atoms with van der Waals surface area (Å²) in [7, 11) is 0. The molecule has 0 radical (unpaired) electrons. The van der Waals surface area contributed by atoms with Gasteiger partial charge in [-0.05, 0) is 25.1 Å². The van der Waals surface area contributed by atoms with Crippen molar-refractivity contribution >= 4 is 24.2 Å². The van der Waals surface area contributed by atoms with Crippen LogP contribution in [0.4, 0.5) is 0 Å². The highest BCUT2D eigenvalue weighted by molar-refractivity contribution is 8.00. The fourth-order valence-electron chi connectivity index (χ4n) is 1.34. The quantitative estimate of drug-likeness (QED) is 0.818. The Balaban J connectivity index is 0.000000845. The van der Waals surface area contributed by atoms with Gasteiger partial charge < -0.3 is 5.32 Å². The molecule has 1 aliphatic rings. The number of thioether (sulfide) groups is 1. The Morgan fingerprint density at radius 3 is 2.77 bits per heavy atom. The SMILES string of the molecule is Cl.c1cc(SC2CCNC2)ccn1. The van der Waals surface area contributed by atoms with Crippen molar-refractivity contribution in [2.24, 2.45) is 0 Å². The molecular formula is C9H13ClN2S. The molecule has 72 valence electrons. The lowest BCUT2D eigenvalue weighted by molar-refractivity contribution is 0.858. The summed E-state index contributed by atoms with van der Waals surface area (Å²) in [6, 6.07) is 4.14. The molecule has 0 aromatic carbocycles. The average Bonchev–Trinajstić information content (AvgIpc) is 2.59. The Bertz CT molecular complexity index is 237. The second-order valence-electron chi connectivity index (χ2n) is 2.92. The Labute approximate surface area is 88.9 Å². The van der Waals surface area contributed by atoms with Crippen LogP contribution in [0.5, 0.6) is 0 Å². The first-order valence-corrected chi connectivity index (χ1v) is 5.10. The van der Waals surface area contributed by atoms with E-state index in [9.17, 15) is 0 Å². The Hall–Kier alpha value is -0.250. The van der Waals surface area contributed by atoms with E-state index in [1.165, 1.54) is 17.9 Å². The van der Waals surface area contributed by atoms with E-state index in [1.54, 1.807) is 0 Å². The van der Waals surface area contributed by atoms with Crippen LogP contribution in [0.15, 0.2) is 29.4 Å². The third-order valence-corrected chi connectivity index (χ3v) is 3.25. The highest BCUT2D eigenvalue weighted by Crippen LogP contribution is 2.25. The summed E-state index contributed by atoms with van der Waals surface area (Å²) < 4.78 is 0. The molecule has 1 aromatic heterocycles. The number of aromatic nitrogens is 1. The first-order valence-electron chi connectivity index (χ1n) is 4.22. The van der Waals surface area contributed by atoms with E-state index in [2.05, 4.69) is 22.4 Å². The normalized spacial score (nSPS) is 21.1. The van der Waals surface area contributed by atoms with Gasteiger partial charge in [-0.3, -0.25) is 4.98 Å². The zero-order valence-corrected chi connectivity index (χ0v) is 8.90. The molecule has 1 fully saturated rings. The fourth-order valence-corrected chi connectivity index (χ4v) is 2.44. The molecule has 0 spiro atoms. The molecular weight excluding hydrogens is 204 g/mol. The molecule has 0 amide bonds. The predicted molar refractivity (Wildman–Crippen MR) is 58.6 cm³/mol. The lowest BCUT2D eigenvalue weighted by atomic mass is 10.4. The zero-order valence-electron chi connectivity index (χ0n) is 7.27. The van der Waals surface area contributed by atoms with Crippen LogP contribution < -0.4 is 5.32 Å². The van der Waals surface area contributed by atoms with Crippen molar-refractivity contribution < 1.29 is 0 Å². The minimum Gasteiger partial charge on any atom is -0.316 e. The van der Waals surface area contributed by atoms with Crippen molar-refractivity contribution in [1.82, 2.24) is 10.3 Å². The highest BCUT2D eigenvalue weighted by atomic mass is 35.5. The first kappa shape index (κ1) is 10.8. The van der Waals surface area contributed by atoms with Crippen LogP contribution in [-0.4, -0.2) is 23.3 Å². The van der Waals surface area contributed by atoms with Crippen LogP contribution in [-0.2, 0) is 0 Å². The minimum atomic E-state index is 0. The molecule has 1 unspecified atom stereocenters. The van der Waals surface area contributed by atoms with Gasteiger partial charge >= 0.3 is 0 Å². The third-order valence-electron chi connectivity index (χ3n) is 1.97. The molecule has 0 bridgehead atoms. The van der Waals surface area contributed by atoms with Crippen molar-refractivity contribution in [2.45, 2.75) is 16.6 Å². The van der Waals surface area contributed by atoms with E-state index < -0.39 is 0 Å². The van der Waals surface area contributed by atoms with Gasteiger partial charge in [0.2, 0.25) is 0 Å². The van der Waals surface area contributed by atoms with Gasteiger partial charge in [0.1, 0.15) is 0 Å². The predicted octanol–water partition coefficient (Wildman–Crippen LogP) is 1.96. The molecule has 13 heavy (non-hydrogen) atoms. The molecule has 0 saturated carbocycles. The summed E-state index contributed by atoms with van der Waals surface area (Å²) in [5.41, 5.74) is 0. The molecule has 1 aromatic rings. The van der Waals surface area contributed by atoms with Crippen LogP contribution in [0.3, 0.4) is 0 Å². The number of nitrogens with one attached hydrogen (secondary N) is 1. The second-order valence-corrected chi connectivity index (χ2v) is 4.29. The van der Waals surface area contributed by atoms with Crippen molar-refractivity contribution in [3.8, 4) is 0 Å². The maximum Gasteiger partial charge on any atom is 0.0278 e. The molecule has 2 nitrogen and oxygen atoms in total. The van der Waals surface area contributed by atoms with Gasteiger partial charge in [0.15, 0.2) is 0 Å². The van der Waals surface area contributed by atoms with E-state index in [4.69, 9.17) is 0 Å². The lowest BCUT2D eigenvalue weighted by Gasteiger charge is -2.06. The summed E-state index contributed by atoms with van der Waals surface area (Å²) >= 11 is 1.95. The average molecular weight is 217 g/mol. The fraction of sp³-hybridized carbons (Fsp3) is 0.444. The van der Waals surface area contributed by atoms with Gasteiger partial charge in [0.05, 0.1) is 0 Å². The molecule has 2 heterocycles. The molecule has 1 saturated heterocycles. The van der Waals surface area contributed by atoms with Crippen LogP contribution >= 0.6 is 24.2 Å². The Kier molecular flexibility index (Phi) is 4.56. The maximum absolute atomic E-state index is 3.99. The molecule has 1 aliphatic heterocycles. The number of hydrogen-bond donors (Lipinski definition) is 1. The molecule has 0 aliphatic carbocycles. The van der Waals surface area contributed by atoms with E-state index in [0.29, 0.717) is 0 Å². The zero-order chi connectivity index (χ0) is 8.23. The van der Waals surface area contributed by atoms with Gasteiger partial charge in [-0.25, -0.2) is 0 Å². The Morgan fingerprint density at radius 1 is 1.38 bits per heavy atom. The maximum atomic E-state index is 3.99. The number of pyridine rings is 1. The monoisotopic (exact) mass is 216 g/mol. The van der Waals surface area contributed by atoms with Gasteiger partial charge in [-0.2, -0.15) is 0 Å². The lowest BCUT2D eigenvalue weighted by Crippen LogP contribution is -2.09. The van der Waals surface area contributed by atoms with Gasteiger partial charge in [-0.1, -0.05) is 0 Å². The summed E-state index contributed by atoms with van der Waals surface area (Å²) in [6.45, 7) is 2.32. The summed E-state index contributed by atoms with van der Waals surface area (Å²) in [5, 5.41) is 4.11. The highest BCUT2D eigenvalue weighted by Gasteiger charge is 2.14. The minimum absolute atomic E-state index is 0. The summed E-state index contributed by atoms with van der Waals surface area (Å²) in [6.07, 6.45) is 4.99. The molecule has 1 atom stereocenters. The standard InChI is InChI=1S/C9H12N2S.ClH/c1-4-10-5-2-8(1)12-9-3-6-11-7-9;/h1-2,4-5,9,11H,3,6-7H2;1H. The molecule has 2 rings (SSSR count). The van der Waals surface area contributed by atoms with Crippen LogP contribution in [0.25, 0.3) is 0 Å². The smallest absolute Gasteiger partial charge is 0.0278 e. The van der Waals surface area contributed by atoms with Gasteiger partial charge in [0, 0.05) is 29.1 Å². The van der Waals surface area contributed by atoms with Gasteiger partial charge in [0.25, 0.3) is 0 Å². The number of rotatable bonds is 2. The van der Waals surface area contributed by atoms with E-state index in [0.717, 1.165) is 11.8 Å². The largest absolute Gasteiger partial charge is 0.316 e. The first-order chi connectivity index (χ1) is 5.95. The van der Waals surface area contributed by atoms with Crippen molar-refractivity contribution in [2.75, 3.05) is 13.1 Å². The second kappa shape index (κ2) is 5.47. The Morgan fingerprint density at radius 2 is 2.15 bits per heavy atom. The molecule has 4 heteroatoms. The van der Waals surface area contributed by atoms with Crippen LogP contribution in [0.1, 0.15) is 6.42 Å². The summed E-state index contributed by atoms with van der Waals surface area (Å²) in [5.74, 6) is 0. The summed E-state index contributed by atoms with van der Waals surface area (Å²) in [4.78, 5) is 5.32. The van der Waals surface area contributed by atoms with Crippen molar-refractivity contribution in [1.29, 1.82) is 0 Å². The van der Waals surface area contributed by atoms with Crippen molar-refractivity contribution in [3.05, 3.63) is 24.5 Å². The third kappa shape index (κ3) is 3.18. The molecule has 1 N–H and O–H groups in total. The van der Waals surface area contributed by atoms with E-state index in [-0.39, 0.29) is 12.4 Å². The number of hydrogen-bond acceptors (Lipinski definition) is 3.